The molecule has 2 fully saturated rings. The van der Waals surface area contributed by atoms with Gasteiger partial charge in [0.2, 0.25) is 11.8 Å². The van der Waals surface area contributed by atoms with E-state index in [4.69, 9.17) is 4.74 Å². The molecule has 2 aromatic carbocycles. The van der Waals surface area contributed by atoms with Crippen LogP contribution >= 0.6 is 0 Å². The summed E-state index contributed by atoms with van der Waals surface area (Å²) in [7, 11) is 0. The molecule has 188 valence electrons. The minimum absolute atomic E-state index is 0.214. The van der Waals surface area contributed by atoms with Crippen molar-refractivity contribution in [3.05, 3.63) is 64.7 Å². The van der Waals surface area contributed by atoms with E-state index in [1.54, 1.807) is 12.1 Å². The Bertz CT molecular complexity index is 1180. The number of imide groups is 1. The van der Waals surface area contributed by atoms with Gasteiger partial charge in [-0.3, -0.25) is 24.6 Å². The third-order valence-corrected chi connectivity index (χ3v) is 6.76. The zero-order valence-electron chi connectivity index (χ0n) is 19.9. The predicted octanol–water partition coefficient (Wildman–Crippen LogP) is 1.60. The molecule has 1 unspecified atom stereocenters. The van der Waals surface area contributed by atoms with Gasteiger partial charge in [0, 0.05) is 50.4 Å². The van der Waals surface area contributed by atoms with Crippen LogP contribution in [-0.2, 0) is 34.0 Å². The Labute approximate surface area is 209 Å². The highest BCUT2D eigenvalue weighted by Crippen LogP contribution is 2.28. The number of fused-ring (bicyclic) bond motifs is 1. The predicted molar refractivity (Wildman–Crippen MR) is 131 cm³/mol. The van der Waals surface area contributed by atoms with Crippen molar-refractivity contribution in [2.45, 2.75) is 38.5 Å². The minimum Gasteiger partial charge on any atom is -0.379 e. The van der Waals surface area contributed by atoms with Crippen molar-refractivity contribution in [2.75, 3.05) is 31.6 Å². The summed E-state index contributed by atoms with van der Waals surface area (Å²) < 4.78 is 5.38. The van der Waals surface area contributed by atoms with Crippen molar-refractivity contribution in [2.24, 2.45) is 0 Å². The first-order valence-electron chi connectivity index (χ1n) is 12.2. The molecular weight excluding hydrogens is 462 g/mol. The molecule has 3 heterocycles. The lowest BCUT2D eigenvalue weighted by atomic mass is 10.0. The molecule has 3 N–H and O–H groups in total. The summed E-state index contributed by atoms with van der Waals surface area (Å²) in [5.41, 5.74) is 4.09. The van der Waals surface area contributed by atoms with Gasteiger partial charge in [-0.15, -0.1) is 0 Å². The third kappa shape index (κ3) is 5.39. The number of carbonyl (C=O) groups is 4. The van der Waals surface area contributed by atoms with Crippen molar-refractivity contribution in [3.63, 3.8) is 0 Å². The second kappa shape index (κ2) is 10.5. The maximum Gasteiger partial charge on any atom is 0.319 e. The first kappa shape index (κ1) is 24.0. The number of amides is 5. The number of anilines is 1. The SMILES string of the molecule is O=C1CCC(N2Cc3cc(CNC(=O)Nc4ccc(CN5CCOCC5)cc4)ccc3C2=O)C(=O)N1. The van der Waals surface area contributed by atoms with Gasteiger partial charge < -0.3 is 20.3 Å². The lowest BCUT2D eigenvalue weighted by Gasteiger charge is -2.29. The van der Waals surface area contributed by atoms with E-state index in [2.05, 4.69) is 20.9 Å². The Hall–Kier alpha value is -3.76. The maximum atomic E-state index is 12.8. The van der Waals surface area contributed by atoms with Gasteiger partial charge >= 0.3 is 6.03 Å². The van der Waals surface area contributed by atoms with E-state index in [1.807, 2.05) is 30.3 Å². The molecule has 5 rings (SSSR count). The van der Waals surface area contributed by atoms with Crippen LogP contribution in [0.2, 0.25) is 0 Å². The van der Waals surface area contributed by atoms with Gasteiger partial charge in [-0.1, -0.05) is 24.3 Å². The number of nitrogens with zero attached hydrogens (tertiary/aromatic N) is 2. The van der Waals surface area contributed by atoms with Crippen molar-refractivity contribution in [3.8, 4) is 0 Å². The molecule has 0 saturated carbocycles. The van der Waals surface area contributed by atoms with Crippen molar-refractivity contribution in [1.82, 2.24) is 20.4 Å². The van der Waals surface area contributed by atoms with Gasteiger partial charge in [-0.2, -0.15) is 0 Å². The molecule has 0 bridgehead atoms. The third-order valence-electron chi connectivity index (χ3n) is 6.76. The fraction of sp³-hybridized carbons (Fsp3) is 0.385. The Balaban J connectivity index is 1.12. The topological polar surface area (TPSA) is 120 Å². The Morgan fingerprint density at radius 2 is 1.78 bits per heavy atom. The van der Waals surface area contributed by atoms with E-state index in [-0.39, 0.29) is 24.3 Å². The van der Waals surface area contributed by atoms with E-state index in [0.29, 0.717) is 30.8 Å². The Kier molecular flexibility index (Phi) is 6.97. The molecule has 3 aliphatic heterocycles. The lowest BCUT2D eigenvalue weighted by molar-refractivity contribution is -0.136. The summed E-state index contributed by atoms with van der Waals surface area (Å²) >= 11 is 0. The van der Waals surface area contributed by atoms with Crippen molar-refractivity contribution in [1.29, 1.82) is 0 Å². The molecule has 10 heteroatoms. The molecule has 1 atom stereocenters. The second-order valence-corrected chi connectivity index (χ2v) is 9.28. The highest BCUT2D eigenvalue weighted by atomic mass is 16.5. The highest BCUT2D eigenvalue weighted by Gasteiger charge is 2.39. The zero-order valence-corrected chi connectivity index (χ0v) is 19.9. The highest BCUT2D eigenvalue weighted by molar-refractivity contribution is 6.05. The first-order chi connectivity index (χ1) is 17.5. The molecule has 5 amide bonds. The number of ether oxygens (including phenoxy) is 1. The van der Waals surface area contributed by atoms with Crippen LogP contribution in [0.3, 0.4) is 0 Å². The van der Waals surface area contributed by atoms with Crippen LogP contribution in [0.5, 0.6) is 0 Å². The smallest absolute Gasteiger partial charge is 0.319 e. The summed E-state index contributed by atoms with van der Waals surface area (Å²) in [6, 6.07) is 12.2. The standard InChI is InChI=1S/C26H29N5O5/c32-23-8-7-22(24(33)29-23)31-16-19-13-18(3-6-21(19)25(31)34)14-27-26(35)28-20-4-1-17(2-5-20)15-30-9-11-36-12-10-30/h1-6,13,22H,7-12,14-16H2,(H2,27,28,35)(H,29,32,33). The summed E-state index contributed by atoms with van der Waals surface area (Å²) in [5, 5.41) is 7.99. The molecule has 2 saturated heterocycles. The van der Waals surface area contributed by atoms with Gasteiger partial charge in [0.25, 0.3) is 5.91 Å². The summed E-state index contributed by atoms with van der Waals surface area (Å²) in [6.45, 7) is 4.83. The average molecular weight is 492 g/mol. The number of hydrogen-bond donors (Lipinski definition) is 3. The quantitative estimate of drug-likeness (QED) is 0.528. The summed E-state index contributed by atoms with van der Waals surface area (Å²) in [5.74, 6) is -0.954. The summed E-state index contributed by atoms with van der Waals surface area (Å²) in [4.78, 5) is 52.7. The number of morpholine rings is 1. The number of benzene rings is 2. The van der Waals surface area contributed by atoms with E-state index in [0.717, 1.165) is 44.0 Å². The van der Waals surface area contributed by atoms with Crippen LogP contribution in [0.4, 0.5) is 10.5 Å². The number of hydrogen-bond acceptors (Lipinski definition) is 6. The van der Waals surface area contributed by atoms with Gasteiger partial charge in [0.05, 0.1) is 13.2 Å². The molecule has 3 aliphatic rings. The molecule has 2 aromatic rings. The number of rotatable bonds is 6. The normalized spacial score (nSPS) is 20.2. The minimum atomic E-state index is -0.643. The van der Waals surface area contributed by atoms with Crippen molar-refractivity contribution >= 4 is 29.4 Å². The molecule has 36 heavy (non-hydrogen) atoms. The largest absolute Gasteiger partial charge is 0.379 e. The number of nitrogens with one attached hydrogen (secondary N) is 3. The molecule has 0 aliphatic carbocycles. The molecule has 0 spiro atoms. The molecule has 0 aromatic heterocycles. The zero-order chi connectivity index (χ0) is 25.1. The van der Waals surface area contributed by atoms with Crippen LogP contribution in [0.25, 0.3) is 0 Å². The van der Waals surface area contributed by atoms with Crippen LogP contribution in [0.15, 0.2) is 42.5 Å². The van der Waals surface area contributed by atoms with Crippen LogP contribution in [0.1, 0.15) is 39.9 Å². The fourth-order valence-corrected chi connectivity index (χ4v) is 4.81. The van der Waals surface area contributed by atoms with Crippen molar-refractivity contribution < 1.29 is 23.9 Å². The van der Waals surface area contributed by atoms with Gasteiger partial charge in [-0.25, -0.2) is 4.79 Å². The van der Waals surface area contributed by atoms with Crippen LogP contribution < -0.4 is 16.0 Å². The molecule has 10 nitrogen and oxygen atoms in total. The lowest BCUT2D eigenvalue weighted by Crippen LogP contribution is -2.52. The van der Waals surface area contributed by atoms with E-state index < -0.39 is 11.9 Å². The average Bonchev–Trinajstić information content (AvgIpc) is 3.20. The first-order valence-corrected chi connectivity index (χ1v) is 12.2. The number of urea groups is 1. The van der Waals surface area contributed by atoms with Crippen LogP contribution in [0, 0.1) is 0 Å². The Morgan fingerprint density at radius 1 is 1.03 bits per heavy atom. The van der Waals surface area contributed by atoms with Gasteiger partial charge in [0.1, 0.15) is 6.04 Å². The maximum absolute atomic E-state index is 12.8. The monoisotopic (exact) mass is 491 g/mol. The van der Waals surface area contributed by atoms with Crippen LogP contribution in [-0.4, -0.2) is 65.9 Å². The van der Waals surface area contributed by atoms with Gasteiger partial charge in [-0.05, 0) is 41.3 Å². The Morgan fingerprint density at radius 3 is 2.53 bits per heavy atom. The molecular formula is C26H29N5O5. The summed E-state index contributed by atoms with van der Waals surface area (Å²) in [6.07, 6.45) is 0.546. The van der Waals surface area contributed by atoms with Gasteiger partial charge in [0.15, 0.2) is 0 Å². The van der Waals surface area contributed by atoms with E-state index in [1.165, 1.54) is 10.5 Å². The molecule has 0 radical (unpaired) electrons. The van der Waals surface area contributed by atoms with E-state index in [9.17, 15) is 19.2 Å². The number of piperidine rings is 1. The fourth-order valence-electron chi connectivity index (χ4n) is 4.81. The second-order valence-electron chi connectivity index (χ2n) is 9.28. The van der Waals surface area contributed by atoms with E-state index >= 15 is 0 Å². The number of carbonyl (C=O) groups excluding carboxylic acids is 4.